The summed E-state index contributed by atoms with van der Waals surface area (Å²) in [6.07, 6.45) is 3.26. The average Bonchev–Trinajstić information content (AvgIpc) is 2.73. The molecule has 1 heterocycles. The SMILES string of the molecule is CN(c1ccc(OCC(=O)N2CCCCC2)cc1)S(=O)(=O)c1ccccc1. The van der Waals surface area contributed by atoms with Gasteiger partial charge >= 0.3 is 0 Å². The summed E-state index contributed by atoms with van der Waals surface area (Å²) >= 11 is 0. The van der Waals surface area contributed by atoms with Crippen LogP contribution in [0.2, 0.25) is 0 Å². The van der Waals surface area contributed by atoms with E-state index in [1.165, 1.54) is 17.8 Å². The van der Waals surface area contributed by atoms with E-state index >= 15 is 0 Å². The number of hydrogen-bond acceptors (Lipinski definition) is 4. The van der Waals surface area contributed by atoms with Gasteiger partial charge in [-0.3, -0.25) is 9.10 Å². The van der Waals surface area contributed by atoms with Crippen molar-refractivity contribution in [2.45, 2.75) is 24.2 Å². The van der Waals surface area contributed by atoms with Crippen LogP contribution in [0.25, 0.3) is 0 Å². The van der Waals surface area contributed by atoms with E-state index in [0.29, 0.717) is 11.4 Å². The van der Waals surface area contributed by atoms with Gasteiger partial charge in [-0.05, 0) is 55.7 Å². The highest BCUT2D eigenvalue weighted by molar-refractivity contribution is 7.92. The Labute approximate surface area is 160 Å². The molecule has 144 valence electrons. The lowest BCUT2D eigenvalue weighted by atomic mass is 10.1. The van der Waals surface area contributed by atoms with Gasteiger partial charge < -0.3 is 9.64 Å². The van der Waals surface area contributed by atoms with Crippen molar-refractivity contribution in [3.8, 4) is 5.75 Å². The highest BCUT2D eigenvalue weighted by Gasteiger charge is 2.21. The summed E-state index contributed by atoms with van der Waals surface area (Å²) in [5.41, 5.74) is 0.522. The highest BCUT2D eigenvalue weighted by atomic mass is 32.2. The molecule has 0 atom stereocenters. The van der Waals surface area contributed by atoms with Gasteiger partial charge in [0.15, 0.2) is 6.61 Å². The van der Waals surface area contributed by atoms with Crippen LogP contribution in [0.15, 0.2) is 59.5 Å². The molecule has 0 aliphatic carbocycles. The Kier molecular flexibility index (Phi) is 6.01. The number of piperidine rings is 1. The average molecular weight is 388 g/mol. The standard InChI is InChI=1S/C20H24N2O4S/c1-21(27(24,25)19-8-4-2-5-9-19)17-10-12-18(13-11-17)26-16-20(23)22-14-6-3-7-15-22/h2,4-5,8-13H,3,6-7,14-16H2,1H3. The molecule has 6 nitrogen and oxygen atoms in total. The van der Waals surface area contributed by atoms with Crippen LogP contribution < -0.4 is 9.04 Å². The highest BCUT2D eigenvalue weighted by Crippen LogP contribution is 2.24. The third kappa shape index (κ3) is 4.60. The van der Waals surface area contributed by atoms with Crippen molar-refractivity contribution in [3.63, 3.8) is 0 Å². The van der Waals surface area contributed by atoms with Gasteiger partial charge in [0, 0.05) is 20.1 Å². The van der Waals surface area contributed by atoms with E-state index in [-0.39, 0.29) is 17.4 Å². The third-order valence-electron chi connectivity index (χ3n) is 4.67. The van der Waals surface area contributed by atoms with Gasteiger partial charge in [-0.2, -0.15) is 0 Å². The minimum absolute atomic E-state index is 0.00248. The summed E-state index contributed by atoms with van der Waals surface area (Å²) < 4.78 is 32.1. The number of ether oxygens (including phenoxy) is 1. The molecular weight excluding hydrogens is 364 g/mol. The van der Waals surface area contributed by atoms with Crippen molar-refractivity contribution in [2.24, 2.45) is 0 Å². The monoisotopic (exact) mass is 388 g/mol. The normalized spacial score (nSPS) is 14.6. The number of carbonyl (C=O) groups is 1. The van der Waals surface area contributed by atoms with Crippen molar-refractivity contribution in [1.82, 2.24) is 4.90 Å². The second kappa shape index (κ2) is 8.43. The first-order valence-electron chi connectivity index (χ1n) is 9.03. The van der Waals surface area contributed by atoms with Gasteiger partial charge in [0.25, 0.3) is 15.9 Å². The first-order valence-corrected chi connectivity index (χ1v) is 10.5. The van der Waals surface area contributed by atoms with E-state index in [9.17, 15) is 13.2 Å². The molecule has 7 heteroatoms. The van der Waals surface area contributed by atoms with Crippen molar-refractivity contribution in [3.05, 3.63) is 54.6 Å². The maximum Gasteiger partial charge on any atom is 0.264 e. The zero-order valence-electron chi connectivity index (χ0n) is 15.4. The largest absolute Gasteiger partial charge is 0.484 e. The van der Waals surface area contributed by atoms with Crippen molar-refractivity contribution < 1.29 is 17.9 Å². The van der Waals surface area contributed by atoms with Gasteiger partial charge in [-0.25, -0.2) is 8.42 Å². The van der Waals surface area contributed by atoms with Crippen LogP contribution in [0.3, 0.4) is 0 Å². The van der Waals surface area contributed by atoms with Gasteiger partial charge in [-0.15, -0.1) is 0 Å². The number of nitrogens with zero attached hydrogens (tertiary/aromatic N) is 2. The smallest absolute Gasteiger partial charge is 0.264 e. The van der Waals surface area contributed by atoms with Gasteiger partial charge in [0.2, 0.25) is 0 Å². The van der Waals surface area contributed by atoms with Crippen molar-refractivity contribution in [1.29, 1.82) is 0 Å². The lowest BCUT2D eigenvalue weighted by molar-refractivity contribution is -0.134. The quantitative estimate of drug-likeness (QED) is 0.763. The fraction of sp³-hybridized carbons (Fsp3) is 0.350. The summed E-state index contributed by atoms with van der Waals surface area (Å²) in [4.78, 5) is 14.2. The van der Waals surface area contributed by atoms with E-state index in [0.717, 1.165) is 25.9 Å². The Morgan fingerprint density at radius 1 is 1.00 bits per heavy atom. The molecule has 0 unspecified atom stereocenters. The van der Waals surface area contributed by atoms with Gasteiger partial charge in [-0.1, -0.05) is 18.2 Å². The molecule has 0 bridgehead atoms. The Morgan fingerprint density at radius 3 is 2.26 bits per heavy atom. The van der Waals surface area contributed by atoms with E-state index in [1.54, 1.807) is 54.6 Å². The molecule has 0 radical (unpaired) electrons. The molecule has 1 aliphatic heterocycles. The predicted octanol–water partition coefficient (Wildman–Crippen LogP) is 2.90. The van der Waals surface area contributed by atoms with Gasteiger partial charge in [0.05, 0.1) is 10.6 Å². The van der Waals surface area contributed by atoms with Crippen LogP contribution in [0.1, 0.15) is 19.3 Å². The van der Waals surface area contributed by atoms with E-state index in [4.69, 9.17) is 4.74 Å². The van der Waals surface area contributed by atoms with E-state index < -0.39 is 10.0 Å². The van der Waals surface area contributed by atoms with Crippen molar-refractivity contribution >= 4 is 21.6 Å². The van der Waals surface area contributed by atoms with Gasteiger partial charge in [0.1, 0.15) is 5.75 Å². The minimum Gasteiger partial charge on any atom is -0.484 e. The first kappa shape index (κ1) is 19.2. The number of sulfonamides is 1. The zero-order chi connectivity index (χ0) is 19.3. The molecule has 2 aromatic rings. The molecule has 1 aliphatic rings. The molecule has 0 N–H and O–H groups in total. The molecule has 1 amide bonds. The number of benzene rings is 2. The summed E-state index contributed by atoms with van der Waals surface area (Å²) in [5, 5.41) is 0. The zero-order valence-corrected chi connectivity index (χ0v) is 16.2. The summed E-state index contributed by atoms with van der Waals surface area (Å²) in [5.74, 6) is 0.525. The van der Waals surface area contributed by atoms with Crippen LogP contribution in [-0.4, -0.2) is 46.0 Å². The van der Waals surface area contributed by atoms with Crippen LogP contribution in [-0.2, 0) is 14.8 Å². The Balaban J connectivity index is 1.62. The number of amides is 1. The second-order valence-electron chi connectivity index (χ2n) is 6.51. The fourth-order valence-corrected chi connectivity index (χ4v) is 4.24. The molecule has 0 aromatic heterocycles. The molecule has 0 saturated carbocycles. The maximum atomic E-state index is 12.7. The number of likely N-dealkylation sites (tertiary alicyclic amines) is 1. The predicted molar refractivity (Wildman–Crippen MR) is 104 cm³/mol. The fourth-order valence-electron chi connectivity index (χ4n) is 3.02. The van der Waals surface area contributed by atoms with Crippen molar-refractivity contribution in [2.75, 3.05) is 31.0 Å². The number of rotatable bonds is 6. The lowest BCUT2D eigenvalue weighted by Gasteiger charge is -2.26. The summed E-state index contributed by atoms with van der Waals surface area (Å²) in [6, 6.07) is 15.0. The number of hydrogen-bond donors (Lipinski definition) is 0. The molecule has 0 spiro atoms. The second-order valence-corrected chi connectivity index (χ2v) is 8.48. The Morgan fingerprint density at radius 2 is 1.63 bits per heavy atom. The topological polar surface area (TPSA) is 66.9 Å². The van der Waals surface area contributed by atoms with Crippen LogP contribution >= 0.6 is 0 Å². The Hall–Kier alpha value is -2.54. The molecule has 27 heavy (non-hydrogen) atoms. The minimum atomic E-state index is -3.61. The van der Waals surface area contributed by atoms with E-state index in [1.807, 2.05) is 4.90 Å². The third-order valence-corrected chi connectivity index (χ3v) is 6.47. The summed E-state index contributed by atoms with van der Waals surface area (Å²) in [6.45, 7) is 1.59. The molecule has 3 rings (SSSR count). The van der Waals surface area contributed by atoms with Crippen LogP contribution in [0.5, 0.6) is 5.75 Å². The number of anilines is 1. The molecule has 2 aromatic carbocycles. The molecule has 1 saturated heterocycles. The van der Waals surface area contributed by atoms with Crippen LogP contribution in [0.4, 0.5) is 5.69 Å². The number of carbonyl (C=O) groups excluding carboxylic acids is 1. The summed E-state index contributed by atoms with van der Waals surface area (Å²) in [7, 11) is -2.10. The lowest BCUT2D eigenvalue weighted by Crippen LogP contribution is -2.38. The van der Waals surface area contributed by atoms with E-state index in [2.05, 4.69) is 0 Å². The maximum absolute atomic E-state index is 12.7. The van der Waals surface area contributed by atoms with Crippen LogP contribution in [0, 0.1) is 0 Å². The first-order chi connectivity index (χ1) is 13.0. The molecule has 1 fully saturated rings. The molecular formula is C20H24N2O4S. The Bertz CT molecular complexity index is 861.